The molecule has 3 aromatic heterocycles. The summed E-state index contributed by atoms with van der Waals surface area (Å²) in [6, 6.07) is 11.1. The van der Waals surface area contributed by atoms with Gasteiger partial charge in [-0.3, -0.25) is 48.1 Å². The Morgan fingerprint density at radius 3 is 1.08 bits per heavy atom. The van der Waals surface area contributed by atoms with Gasteiger partial charge in [-0.15, -0.1) is 0 Å². The maximum atomic E-state index is 15.1. The molecule has 25 nitrogen and oxygen atoms in total. The lowest BCUT2D eigenvalue weighted by molar-refractivity contribution is -0.137. The molecule has 3 aromatic carbocycles. The van der Waals surface area contributed by atoms with Gasteiger partial charge < -0.3 is 80.4 Å². The van der Waals surface area contributed by atoms with Gasteiger partial charge in [0.25, 0.3) is 0 Å². The fourth-order valence-electron chi connectivity index (χ4n) is 10.9. The molecular weight excluding hydrogens is 1110 g/mol. The molecule has 0 spiro atoms. The summed E-state index contributed by atoms with van der Waals surface area (Å²) in [7, 11) is 0. The van der Waals surface area contributed by atoms with Gasteiger partial charge in [-0.05, 0) is 105 Å². The number of H-pyrrole nitrogens is 3. The van der Waals surface area contributed by atoms with Crippen molar-refractivity contribution in [3.8, 4) is 0 Å². The minimum absolute atomic E-state index is 0.00990. The van der Waals surface area contributed by atoms with Crippen molar-refractivity contribution in [1.82, 2.24) is 57.5 Å². The molecule has 1 fully saturated rings. The lowest BCUT2D eigenvalue weighted by atomic mass is 9.98. The fourth-order valence-corrected chi connectivity index (χ4v) is 10.9. The van der Waals surface area contributed by atoms with E-state index < -0.39 is 108 Å². The van der Waals surface area contributed by atoms with Crippen LogP contribution in [-0.4, -0.2) is 136 Å². The smallest absolute Gasteiger partial charge is 0.243 e. The molecule has 0 radical (unpaired) electrons. The van der Waals surface area contributed by atoms with Crippen LogP contribution in [0.15, 0.2) is 96.4 Å². The van der Waals surface area contributed by atoms with E-state index in [1.165, 1.54) is 0 Å². The molecule has 1 aliphatic heterocycles. The average Bonchev–Trinajstić information content (AvgIpc) is 2.86. The number of guanidine groups is 1. The van der Waals surface area contributed by atoms with Gasteiger partial charge in [0.15, 0.2) is 5.96 Å². The maximum Gasteiger partial charge on any atom is 0.243 e. The minimum atomic E-state index is -1.53. The van der Waals surface area contributed by atoms with Crippen LogP contribution in [0.5, 0.6) is 0 Å². The van der Waals surface area contributed by atoms with Gasteiger partial charge in [0, 0.05) is 83.5 Å². The Labute approximate surface area is 504 Å². The molecule has 87 heavy (non-hydrogen) atoms. The Hall–Kier alpha value is -9.26. The SMILES string of the molecule is CC(C)C[C@@H]1NC(=O)[C@@H](Cc2c[nH]c3ccccc23)NC(=O)[C@H](CCCN=C(N)N)NC(=O)[C@@H](CCC(N)=O)NC(=O)[C@H](CCCCN)NC(=O)[C@@H](Cc2c[nH]c3ccccc23)NC(=O)[C@H](CC(C)C)NC(=O)[C@@H](Cc2c[nH]c3ccccc23)NC1=O. The second-order valence-corrected chi connectivity index (χ2v) is 23.2. The number of aromatic nitrogens is 3. The number of nitrogens with two attached hydrogens (primary N) is 4. The van der Waals surface area contributed by atoms with Gasteiger partial charge in [0.05, 0.1) is 0 Å². The van der Waals surface area contributed by atoms with E-state index >= 15 is 14.4 Å². The number of carbonyl (C=O) groups excluding carboxylic acids is 9. The van der Waals surface area contributed by atoms with Crippen molar-refractivity contribution in [3.05, 3.63) is 108 Å². The largest absolute Gasteiger partial charge is 0.370 e. The number of aromatic amines is 3. The number of fused-ring (bicyclic) bond motifs is 3. The third-order valence-electron chi connectivity index (χ3n) is 15.3. The Morgan fingerprint density at radius 2 is 0.736 bits per heavy atom. The second-order valence-electron chi connectivity index (χ2n) is 23.2. The first-order valence-corrected chi connectivity index (χ1v) is 29.8. The van der Waals surface area contributed by atoms with Crippen molar-refractivity contribution < 1.29 is 43.2 Å². The first kappa shape index (κ1) is 65.3. The van der Waals surface area contributed by atoms with E-state index in [0.717, 1.165) is 32.7 Å². The minimum Gasteiger partial charge on any atom is -0.370 e. The number of hydrogen-bond donors (Lipinski definition) is 15. The van der Waals surface area contributed by atoms with Crippen LogP contribution in [0, 0.1) is 11.8 Å². The van der Waals surface area contributed by atoms with E-state index in [2.05, 4.69) is 62.5 Å². The summed E-state index contributed by atoms with van der Waals surface area (Å²) in [5, 5.41) is 25.0. The third-order valence-corrected chi connectivity index (χ3v) is 15.3. The summed E-state index contributed by atoms with van der Waals surface area (Å²) < 4.78 is 0. The first-order chi connectivity index (χ1) is 41.7. The van der Waals surface area contributed by atoms with E-state index in [4.69, 9.17) is 22.9 Å². The highest BCUT2D eigenvalue weighted by Crippen LogP contribution is 2.24. The van der Waals surface area contributed by atoms with Crippen LogP contribution in [-0.2, 0) is 62.4 Å². The molecule has 25 heteroatoms. The van der Waals surface area contributed by atoms with Crippen molar-refractivity contribution in [1.29, 1.82) is 0 Å². The number of benzene rings is 3. The van der Waals surface area contributed by atoms with Crippen LogP contribution in [0.3, 0.4) is 0 Å². The number of carbonyl (C=O) groups is 9. The van der Waals surface area contributed by atoms with Crippen LogP contribution < -0.4 is 65.5 Å². The summed E-state index contributed by atoms with van der Waals surface area (Å²) in [4.78, 5) is 146. The van der Waals surface area contributed by atoms with Gasteiger partial charge in [-0.25, -0.2) is 0 Å². The topological polar surface area (TPSA) is 414 Å². The Balaban J connectivity index is 1.34. The number of hydrogen-bond acceptors (Lipinski definition) is 11. The molecule has 4 heterocycles. The summed E-state index contributed by atoms with van der Waals surface area (Å²) in [5.74, 6) is -7.81. The van der Waals surface area contributed by atoms with Gasteiger partial charge in [-0.2, -0.15) is 0 Å². The first-order valence-electron chi connectivity index (χ1n) is 29.8. The zero-order valence-corrected chi connectivity index (χ0v) is 49.8. The number of nitrogens with zero attached hydrogens (tertiary/aromatic N) is 1. The van der Waals surface area contributed by atoms with Crippen molar-refractivity contribution in [3.63, 3.8) is 0 Å². The summed E-state index contributed by atoms with van der Waals surface area (Å²) in [6.07, 6.45) is 5.08. The molecular formula is C62H84N16O9. The molecule has 0 aliphatic carbocycles. The maximum absolute atomic E-state index is 15.1. The van der Waals surface area contributed by atoms with E-state index in [1.807, 2.05) is 100 Å². The van der Waals surface area contributed by atoms with Gasteiger partial charge in [0.1, 0.15) is 48.3 Å². The van der Waals surface area contributed by atoms with Crippen molar-refractivity contribution >= 4 is 91.8 Å². The van der Waals surface area contributed by atoms with Crippen molar-refractivity contribution in [2.24, 2.45) is 39.8 Å². The Bertz CT molecular complexity index is 3420. The second kappa shape index (κ2) is 31.2. The summed E-state index contributed by atoms with van der Waals surface area (Å²) in [5.41, 5.74) is 27.0. The molecule has 6 aromatic rings. The highest BCUT2D eigenvalue weighted by Gasteiger charge is 2.37. The monoisotopic (exact) mass is 1200 g/mol. The van der Waals surface area contributed by atoms with Gasteiger partial charge >= 0.3 is 0 Å². The number of nitrogens with one attached hydrogen (secondary N) is 11. The average molecular weight is 1200 g/mol. The van der Waals surface area contributed by atoms with Crippen LogP contribution >= 0.6 is 0 Å². The third kappa shape index (κ3) is 18.6. The molecule has 9 amide bonds. The van der Waals surface area contributed by atoms with Crippen LogP contribution in [0.25, 0.3) is 32.7 Å². The fraction of sp³-hybridized carbons (Fsp3) is 0.452. The van der Waals surface area contributed by atoms with Crippen LogP contribution in [0.4, 0.5) is 0 Å². The Kier molecular flexibility index (Phi) is 23.4. The predicted molar refractivity (Wildman–Crippen MR) is 332 cm³/mol. The molecule has 19 N–H and O–H groups in total. The number of rotatable bonds is 21. The normalized spacial score (nSPS) is 21.7. The molecule has 0 saturated carbocycles. The molecule has 466 valence electrons. The highest BCUT2D eigenvalue weighted by atomic mass is 16.2. The zero-order chi connectivity index (χ0) is 62.7. The standard InChI is InChI=1S/C62H84N16O9/c1-34(2)26-48-57(83)77-50(28-36-31-68-42-17-8-5-14-39(36)42)59(85)72-45(20-11-12-24-63)54(80)73-47(22-23-53(64)79)56(82)71-46(21-13-25-67-62(65)66)55(81)76-51(29-37-32-69-43-18-9-6-15-40(37)43)60(86)74-49(27-35(3)4)58(84)78-52(61(87)75-48)30-38-33-70-44-19-10-7-16-41(38)44/h5-10,14-19,31-35,45-52,68-70H,11-13,20-30,63H2,1-4H3,(H2,64,79)(H,71,82)(H,72,85)(H,73,80)(H,74,86)(H,75,87)(H,76,81)(H,77,83)(H,78,84)(H4,65,66,67)/t45-,46-,47+,48-,49-,50+,51+,52+/m0/s1. The molecule has 0 bridgehead atoms. The zero-order valence-electron chi connectivity index (χ0n) is 49.8. The number of primary amides is 1. The number of unbranched alkanes of at least 4 members (excludes halogenated alkanes) is 1. The van der Waals surface area contributed by atoms with Crippen LogP contribution in [0.1, 0.15) is 102 Å². The highest BCUT2D eigenvalue weighted by molar-refractivity contribution is 6.00. The predicted octanol–water partition coefficient (Wildman–Crippen LogP) is 1.59. The molecule has 1 saturated heterocycles. The number of para-hydroxylation sites is 3. The molecule has 0 unspecified atom stereocenters. The lowest BCUT2D eigenvalue weighted by Gasteiger charge is -2.30. The quantitative estimate of drug-likeness (QED) is 0.0278. The number of amides is 9. The van der Waals surface area contributed by atoms with Gasteiger partial charge in [0.2, 0.25) is 53.2 Å². The summed E-state index contributed by atoms with van der Waals surface area (Å²) in [6.45, 7) is 7.69. The molecule has 7 rings (SSSR count). The van der Waals surface area contributed by atoms with E-state index in [0.29, 0.717) is 29.5 Å². The molecule has 1 aliphatic rings. The van der Waals surface area contributed by atoms with Crippen molar-refractivity contribution in [2.75, 3.05) is 13.1 Å². The molecule has 8 atom stereocenters. The van der Waals surface area contributed by atoms with E-state index in [9.17, 15) is 28.8 Å². The van der Waals surface area contributed by atoms with E-state index in [-0.39, 0.29) is 88.7 Å². The van der Waals surface area contributed by atoms with Crippen molar-refractivity contribution in [2.45, 2.75) is 153 Å². The summed E-state index contributed by atoms with van der Waals surface area (Å²) >= 11 is 0. The van der Waals surface area contributed by atoms with Gasteiger partial charge in [-0.1, -0.05) is 82.3 Å². The number of aliphatic imine (C=N–C) groups is 1. The Morgan fingerprint density at radius 1 is 0.425 bits per heavy atom. The van der Waals surface area contributed by atoms with E-state index in [1.54, 1.807) is 18.6 Å². The van der Waals surface area contributed by atoms with Crippen LogP contribution in [0.2, 0.25) is 0 Å². The lowest BCUT2D eigenvalue weighted by Crippen LogP contribution is -2.62.